The summed E-state index contributed by atoms with van der Waals surface area (Å²) in [5.74, 6) is 2.91. The first-order chi connectivity index (χ1) is 4.12. The Hall–Kier alpha value is 0.350. The van der Waals surface area contributed by atoms with Gasteiger partial charge in [-0.25, -0.2) is 0 Å². The molecule has 2 rings (SSSR count). The predicted octanol–water partition coefficient (Wildman–Crippen LogP) is 2.54. The minimum atomic E-state index is 0.695. The number of rotatable bonds is 0. The average molecular weight is 142 g/mol. The van der Waals surface area contributed by atoms with Crippen LogP contribution in [0.5, 0.6) is 0 Å². The zero-order valence-corrected chi connectivity index (χ0v) is 7.05. The minimum Gasteiger partial charge on any atom is -0.161 e. The van der Waals surface area contributed by atoms with Gasteiger partial charge < -0.3 is 0 Å². The van der Waals surface area contributed by atoms with Crippen molar-refractivity contribution in [2.75, 3.05) is 11.5 Å². The maximum atomic E-state index is 2.39. The third-order valence-electron chi connectivity index (χ3n) is 2.52. The normalized spacial score (nSPS) is 35.3. The van der Waals surface area contributed by atoms with Crippen LogP contribution in [0, 0.1) is 10.8 Å². The molecule has 52 valence electrons. The average Bonchev–Trinajstić information content (AvgIpc) is 1.54. The summed E-state index contributed by atoms with van der Waals surface area (Å²) in [4.78, 5) is 0. The van der Waals surface area contributed by atoms with Gasteiger partial charge in [0.1, 0.15) is 0 Å². The monoisotopic (exact) mass is 142 g/mol. The molecule has 0 radical (unpaired) electrons. The molecular weight excluding hydrogens is 128 g/mol. The van der Waals surface area contributed by atoms with Crippen molar-refractivity contribution < 1.29 is 0 Å². The lowest BCUT2D eigenvalue weighted by atomic mass is 9.56. The van der Waals surface area contributed by atoms with E-state index in [4.69, 9.17) is 0 Å². The van der Waals surface area contributed by atoms with Crippen LogP contribution < -0.4 is 0 Å². The second kappa shape index (κ2) is 1.50. The molecule has 0 atom stereocenters. The third-order valence-corrected chi connectivity index (χ3v) is 4.16. The fourth-order valence-electron chi connectivity index (χ4n) is 2.57. The molecule has 0 amide bonds. The van der Waals surface area contributed by atoms with Crippen LogP contribution in [0.4, 0.5) is 0 Å². The zero-order valence-electron chi connectivity index (χ0n) is 6.24. The number of thioether (sulfide) groups is 1. The molecule has 1 saturated carbocycles. The minimum absolute atomic E-state index is 0.695. The van der Waals surface area contributed by atoms with Crippen LogP contribution in [-0.2, 0) is 0 Å². The molecule has 2 fully saturated rings. The zero-order chi connectivity index (χ0) is 6.54. The van der Waals surface area contributed by atoms with E-state index in [1.165, 1.54) is 24.3 Å². The summed E-state index contributed by atoms with van der Waals surface area (Å²) in [6.45, 7) is 4.78. The molecule has 0 N–H and O–H groups in total. The van der Waals surface area contributed by atoms with Crippen LogP contribution in [0.1, 0.15) is 26.7 Å². The molecule has 1 spiro atoms. The van der Waals surface area contributed by atoms with Crippen LogP contribution >= 0.6 is 11.8 Å². The van der Waals surface area contributed by atoms with E-state index >= 15 is 0 Å². The number of hydrogen-bond donors (Lipinski definition) is 0. The van der Waals surface area contributed by atoms with Crippen molar-refractivity contribution in [1.82, 2.24) is 0 Å². The van der Waals surface area contributed by atoms with Crippen LogP contribution in [-0.4, -0.2) is 11.5 Å². The van der Waals surface area contributed by atoms with E-state index in [1.807, 2.05) is 0 Å². The highest BCUT2D eigenvalue weighted by atomic mass is 32.2. The summed E-state index contributed by atoms with van der Waals surface area (Å²) in [6.07, 6.45) is 2.99. The summed E-state index contributed by atoms with van der Waals surface area (Å²) in [6, 6.07) is 0. The molecule has 0 bridgehead atoms. The Labute approximate surface area is 61.4 Å². The highest BCUT2D eigenvalue weighted by molar-refractivity contribution is 8.00. The van der Waals surface area contributed by atoms with E-state index in [1.54, 1.807) is 0 Å². The van der Waals surface area contributed by atoms with E-state index < -0.39 is 0 Å². The summed E-state index contributed by atoms with van der Waals surface area (Å²) in [5.41, 5.74) is 1.54. The van der Waals surface area contributed by atoms with Crippen molar-refractivity contribution >= 4 is 11.8 Å². The molecule has 0 aromatic heterocycles. The summed E-state index contributed by atoms with van der Waals surface area (Å²) < 4.78 is 0. The molecule has 1 aliphatic carbocycles. The molecular formula is C8H14S. The van der Waals surface area contributed by atoms with Gasteiger partial charge in [0, 0.05) is 0 Å². The number of hydrogen-bond acceptors (Lipinski definition) is 1. The van der Waals surface area contributed by atoms with Crippen LogP contribution in [0.2, 0.25) is 0 Å². The summed E-state index contributed by atoms with van der Waals surface area (Å²) >= 11 is 2.12. The summed E-state index contributed by atoms with van der Waals surface area (Å²) in [5, 5.41) is 0. The molecule has 1 saturated heterocycles. The first kappa shape index (κ1) is 6.09. The van der Waals surface area contributed by atoms with Crippen LogP contribution in [0.25, 0.3) is 0 Å². The molecule has 1 heterocycles. The van der Waals surface area contributed by atoms with E-state index in [0.29, 0.717) is 5.41 Å². The molecule has 0 aromatic rings. The van der Waals surface area contributed by atoms with Gasteiger partial charge >= 0.3 is 0 Å². The molecule has 2 aliphatic rings. The highest BCUT2D eigenvalue weighted by Gasteiger charge is 2.52. The first-order valence-corrected chi connectivity index (χ1v) is 4.85. The second-order valence-corrected chi connectivity index (χ2v) is 5.50. The van der Waals surface area contributed by atoms with Crippen LogP contribution in [0.3, 0.4) is 0 Å². The first-order valence-electron chi connectivity index (χ1n) is 3.70. The van der Waals surface area contributed by atoms with Gasteiger partial charge in [-0.1, -0.05) is 13.8 Å². The molecule has 1 aliphatic heterocycles. The smallest absolute Gasteiger partial charge is 0.000228 e. The van der Waals surface area contributed by atoms with Gasteiger partial charge in [0.05, 0.1) is 0 Å². The Morgan fingerprint density at radius 3 is 1.78 bits per heavy atom. The van der Waals surface area contributed by atoms with Crippen molar-refractivity contribution in [2.45, 2.75) is 26.7 Å². The standard InChI is InChI=1S/C8H14S/c1-7(2)3-8(4-7)5-9-6-8/h3-6H2,1-2H3. The van der Waals surface area contributed by atoms with Crippen molar-refractivity contribution in [3.8, 4) is 0 Å². The third kappa shape index (κ3) is 0.813. The summed E-state index contributed by atoms with van der Waals surface area (Å²) in [7, 11) is 0. The molecule has 0 nitrogen and oxygen atoms in total. The highest BCUT2D eigenvalue weighted by Crippen LogP contribution is 2.61. The molecule has 0 unspecified atom stereocenters. The van der Waals surface area contributed by atoms with Gasteiger partial charge in [0.2, 0.25) is 0 Å². The lowest BCUT2D eigenvalue weighted by Gasteiger charge is -2.58. The predicted molar refractivity (Wildman–Crippen MR) is 42.8 cm³/mol. The largest absolute Gasteiger partial charge is 0.161 e. The fourth-order valence-corrected chi connectivity index (χ4v) is 3.76. The van der Waals surface area contributed by atoms with Gasteiger partial charge in [-0.15, -0.1) is 0 Å². The van der Waals surface area contributed by atoms with Crippen molar-refractivity contribution in [3.63, 3.8) is 0 Å². The quantitative estimate of drug-likeness (QED) is 0.501. The fraction of sp³-hybridized carbons (Fsp3) is 1.00. The van der Waals surface area contributed by atoms with Gasteiger partial charge in [0.15, 0.2) is 0 Å². The van der Waals surface area contributed by atoms with Gasteiger partial charge in [-0.05, 0) is 35.2 Å². The molecule has 0 aromatic carbocycles. The Morgan fingerprint density at radius 2 is 1.67 bits per heavy atom. The lowest BCUT2D eigenvalue weighted by molar-refractivity contribution is 0.0189. The van der Waals surface area contributed by atoms with Gasteiger partial charge in [-0.2, -0.15) is 11.8 Å². The van der Waals surface area contributed by atoms with Crippen molar-refractivity contribution in [3.05, 3.63) is 0 Å². The molecule has 9 heavy (non-hydrogen) atoms. The van der Waals surface area contributed by atoms with Crippen LogP contribution in [0.15, 0.2) is 0 Å². The van der Waals surface area contributed by atoms with Gasteiger partial charge in [0.25, 0.3) is 0 Å². The molecule has 1 heteroatoms. The second-order valence-electron chi connectivity index (χ2n) is 4.51. The van der Waals surface area contributed by atoms with Gasteiger partial charge in [-0.3, -0.25) is 0 Å². The Morgan fingerprint density at radius 1 is 1.11 bits per heavy atom. The lowest BCUT2D eigenvalue weighted by Crippen LogP contribution is -2.51. The Kier molecular flexibility index (Phi) is 1.01. The van der Waals surface area contributed by atoms with E-state index in [2.05, 4.69) is 25.6 Å². The Balaban J connectivity index is 1.96. The van der Waals surface area contributed by atoms with E-state index in [9.17, 15) is 0 Å². The van der Waals surface area contributed by atoms with E-state index in [-0.39, 0.29) is 0 Å². The van der Waals surface area contributed by atoms with Crippen molar-refractivity contribution in [2.24, 2.45) is 10.8 Å². The van der Waals surface area contributed by atoms with E-state index in [0.717, 1.165) is 5.41 Å². The van der Waals surface area contributed by atoms with Crippen molar-refractivity contribution in [1.29, 1.82) is 0 Å². The topological polar surface area (TPSA) is 0 Å². The maximum Gasteiger partial charge on any atom is -0.000228 e. The maximum absolute atomic E-state index is 2.39. The SMILES string of the molecule is CC1(C)CC2(CSC2)C1. The Bertz CT molecular complexity index is 124.